The number of hydrogen-bond acceptors (Lipinski definition) is 5. The predicted octanol–water partition coefficient (Wildman–Crippen LogP) is 2.07. The van der Waals surface area contributed by atoms with Gasteiger partial charge in [-0.3, -0.25) is 4.79 Å². The van der Waals surface area contributed by atoms with E-state index in [0.29, 0.717) is 18.8 Å². The molecule has 20 heavy (non-hydrogen) atoms. The topological polar surface area (TPSA) is 77.2 Å². The highest BCUT2D eigenvalue weighted by molar-refractivity contribution is 7.09. The van der Waals surface area contributed by atoms with E-state index in [0.717, 1.165) is 30.7 Å². The van der Waals surface area contributed by atoms with Crippen LogP contribution in [0.2, 0.25) is 0 Å². The Morgan fingerprint density at radius 1 is 1.60 bits per heavy atom. The lowest BCUT2D eigenvalue weighted by molar-refractivity contribution is -0.0917. The molecule has 0 radical (unpaired) electrons. The fourth-order valence-corrected chi connectivity index (χ4v) is 3.32. The van der Waals surface area contributed by atoms with Crippen LogP contribution in [-0.2, 0) is 11.3 Å². The van der Waals surface area contributed by atoms with Gasteiger partial charge in [-0.2, -0.15) is 0 Å². The van der Waals surface area contributed by atoms with Crippen molar-refractivity contribution < 1.29 is 9.53 Å². The van der Waals surface area contributed by atoms with Gasteiger partial charge in [0.1, 0.15) is 10.7 Å². The predicted molar refractivity (Wildman–Crippen MR) is 79.8 cm³/mol. The molecule has 0 spiro atoms. The summed E-state index contributed by atoms with van der Waals surface area (Å²) in [5.41, 5.74) is 5.91. The molecule has 1 aromatic rings. The van der Waals surface area contributed by atoms with Crippen molar-refractivity contribution in [3.05, 3.63) is 16.1 Å². The number of carbonyl (C=O) groups excluding carboxylic acids is 1. The Balaban J connectivity index is 1.97. The second kappa shape index (κ2) is 6.65. The van der Waals surface area contributed by atoms with Crippen LogP contribution in [0, 0.1) is 0 Å². The van der Waals surface area contributed by atoms with E-state index < -0.39 is 0 Å². The smallest absolute Gasteiger partial charge is 0.270 e. The first-order chi connectivity index (χ1) is 9.62. The molecule has 6 heteroatoms. The van der Waals surface area contributed by atoms with Crippen LogP contribution in [0.4, 0.5) is 0 Å². The van der Waals surface area contributed by atoms with E-state index >= 15 is 0 Å². The Kier molecular flexibility index (Phi) is 5.12. The number of rotatable bonds is 5. The third-order valence-electron chi connectivity index (χ3n) is 4.08. The Hall–Kier alpha value is -0.980. The molecule has 2 heterocycles. The zero-order chi connectivity index (χ0) is 14.6. The number of amides is 1. The minimum absolute atomic E-state index is 0.0826. The maximum atomic E-state index is 12.2. The molecule has 1 amide bonds. The van der Waals surface area contributed by atoms with Gasteiger partial charge in [0.15, 0.2) is 0 Å². The molecule has 1 fully saturated rings. The molecule has 112 valence electrons. The van der Waals surface area contributed by atoms with Crippen LogP contribution in [-0.4, -0.2) is 29.1 Å². The van der Waals surface area contributed by atoms with Crippen molar-refractivity contribution in [2.24, 2.45) is 5.73 Å². The van der Waals surface area contributed by atoms with E-state index in [1.54, 1.807) is 5.38 Å². The monoisotopic (exact) mass is 297 g/mol. The number of thiazole rings is 1. The van der Waals surface area contributed by atoms with Gasteiger partial charge in [0.05, 0.1) is 5.60 Å². The Morgan fingerprint density at radius 2 is 2.35 bits per heavy atom. The molecule has 1 aromatic heterocycles. The number of ether oxygens (including phenoxy) is 1. The highest BCUT2D eigenvalue weighted by atomic mass is 32.1. The van der Waals surface area contributed by atoms with E-state index in [1.807, 2.05) is 0 Å². The summed E-state index contributed by atoms with van der Waals surface area (Å²) >= 11 is 1.43. The molecule has 0 aliphatic carbocycles. The first kappa shape index (κ1) is 15.4. The SMILES string of the molecule is CCC1(CC)CC(NC(=O)c2csc(CN)n2)CCO1. The highest BCUT2D eigenvalue weighted by Crippen LogP contribution is 2.31. The molecule has 2 rings (SSSR count). The average Bonchev–Trinajstić information content (AvgIpc) is 2.96. The van der Waals surface area contributed by atoms with Crippen molar-refractivity contribution in [3.63, 3.8) is 0 Å². The van der Waals surface area contributed by atoms with Crippen LogP contribution in [0.1, 0.15) is 55.0 Å². The largest absolute Gasteiger partial charge is 0.375 e. The first-order valence-corrected chi connectivity index (χ1v) is 8.09. The number of nitrogens with zero attached hydrogens (tertiary/aromatic N) is 1. The summed E-state index contributed by atoms with van der Waals surface area (Å²) in [5.74, 6) is -0.103. The van der Waals surface area contributed by atoms with Gasteiger partial charge in [0, 0.05) is 24.6 Å². The van der Waals surface area contributed by atoms with Crippen LogP contribution >= 0.6 is 11.3 Å². The summed E-state index contributed by atoms with van der Waals surface area (Å²) in [6, 6.07) is 0.166. The lowest BCUT2D eigenvalue weighted by Crippen LogP contribution is -2.48. The number of carbonyl (C=O) groups is 1. The van der Waals surface area contributed by atoms with Crippen molar-refractivity contribution in [1.29, 1.82) is 0 Å². The van der Waals surface area contributed by atoms with Crippen molar-refractivity contribution in [1.82, 2.24) is 10.3 Å². The van der Waals surface area contributed by atoms with E-state index in [-0.39, 0.29) is 17.6 Å². The van der Waals surface area contributed by atoms with Crippen molar-refractivity contribution in [2.45, 2.75) is 57.7 Å². The van der Waals surface area contributed by atoms with Crippen molar-refractivity contribution >= 4 is 17.2 Å². The van der Waals surface area contributed by atoms with Crippen LogP contribution in [0.3, 0.4) is 0 Å². The van der Waals surface area contributed by atoms with Crippen LogP contribution in [0.25, 0.3) is 0 Å². The quantitative estimate of drug-likeness (QED) is 0.872. The Bertz CT molecular complexity index is 457. The van der Waals surface area contributed by atoms with E-state index in [1.165, 1.54) is 11.3 Å². The van der Waals surface area contributed by atoms with Crippen molar-refractivity contribution in [2.75, 3.05) is 6.61 Å². The summed E-state index contributed by atoms with van der Waals surface area (Å²) < 4.78 is 5.92. The molecule has 3 N–H and O–H groups in total. The maximum Gasteiger partial charge on any atom is 0.270 e. The summed E-state index contributed by atoms with van der Waals surface area (Å²) in [5, 5.41) is 5.64. The average molecular weight is 297 g/mol. The van der Waals surface area contributed by atoms with Crippen LogP contribution < -0.4 is 11.1 Å². The van der Waals surface area contributed by atoms with Gasteiger partial charge in [-0.25, -0.2) is 4.98 Å². The zero-order valence-corrected chi connectivity index (χ0v) is 13.0. The molecular weight excluding hydrogens is 274 g/mol. The lowest BCUT2D eigenvalue weighted by Gasteiger charge is -2.40. The molecular formula is C14H23N3O2S. The minimum atomic E-state index is -0.103. The summed E-state index contributed by atoms with van der Waals surface area (Å²) in [6.45, 7) is 5.37. The normalized spacial score (nSPS) is 21.6. The van der Waals surface area contributed by atoms with Crippen LogP contribution in [0.5, 0.6) is 0 Å². The number of nitrogens with two attached hydrogens (primary N) is 1. The summed E-state index contributed by atoms with van der Waals surface area (Å²) in [7, 11) is 0. The van der Waals surface area contributed by atoms with Crippen LogP contribution in [0.15, 0.2) is 5.38 Å². The molecule has 1 aliphatic rings. The second-order valence-electron chi connectivity index (χ2n) is 5.23. The zero-order valence-electron chi connectivity index (χ0n) is 12.1. The third kappa shape index (κ3) is 3.37. The molecule has 1 unspecified atom stereocenters. The lowest BCUT2D eigenvalue weighted by atomic mass is 9.86. The number of nitrogens with one attached hydrogen (secondary N) is 1. The summed E-state index contributed by atoms with van der Waals surface area (Å²) in [6.07, 6.45) is 3.69. The standard InChI is InChI=1S/C14H23N3O2S/c1-3-14(4-2)7-10(5-6-19-14)16-13(18)11-9-20-12(8-15)17-11/h9-10H,3-8,15H2,1-2H3,(H,16,18). The Labute approximate surface area is 123 Å². The maximum absolute atomic E-state index is 12.2. The Morgan fingerprint density at radius 3 is 2.95 bits per heavy atom. The van der Waals surface area contributed by atoms with E-state index in [4.69, 9.17) is 10.5 Å². The molecule has 1 atom stereocenters. The fraction of sp³-hybridized carbons (Fsp3) is 0.714. The van der Waals surface area contributed by atoms with Gasteiger partial charge >= 0.3 is 0 Å². The van der Waals surface area contributed by atoms with Gasteiger partial charge in [-0.1, -0.05) is 13.8 Å². The van der Waals surface area contributed by atoms with Gasteiger partial charge in [-0.15, -0.1) is 11.3 Å². The molecule has 0 aromatic carbocycles. The molecule has 5 nitrogen and oxygen atoms in total. The van der Waals surface area contributed by atoms with E-state index in [2.05, 4.69) is 24.1 Å². The van der Waals surface area contributed by atoms with Gasteiger partial charge in [0.25, 0.3) is 5.91 Å². The van der Waals surface area contributed by atoms with E-state index in [9.17, 15) is 4.79 Å². The summed E-state index contributed by atoms with van der Waals surface area (Å²) in [4.78, 5) is 16.4. The van der Waals surface area contributed by atoms with Crippen molar-refractivity contribution in [3.8, 4) is 0 Å². The molecule has 1 saturated heterocycles. The van der Waals surface area contributed by atoms with Gasteiger partial charge in [-0.05, 0) is 25.7 Å². The highest BCUT2D eigenvalue weighted by Gasteiger charge is 2.35. The number of hydrogen-bond donors (Lipinski definition) is 2. The third-order valence-corrected chi connectivity index (χ3v) is 4.95. The molecule has 0 bridgehead atoms. The fourth-order valence-electron chi connectivity index (χ4n) is 2.66. The molecule has 0 saturated carbocycles. The second-order valence-corrected chi connectivity index (χ2v) is 6.18. The molecule has 1 aliphatic heterocycles. The van der Waals surface area contributed by atoms with Gasteiger partial charge < -0.3 is 15.8 Å². The number of aromatic nitrogens is 1. The minimum Gasteiger partial charge on any atom is -0.375 e. The van der Waals surface area contributed by atoms with Gasteiger partial charge in [0.2, 0.25) is 0 Å². The first-order valence-electron chi connectivity index (χ1n) is 7.21.